The third kappa shape index (κ3) is 3.48. The van der Waals surface area contributed by atoms with Gasteiger partial charge in [0.25, 0.3) is 0 Å². The van der Waals surface area contributed by atoms with E-state index in [-0.39, 0.29) is 0 Å². The molecule has 0 aliphatic heterocycles. The summed E-state index contributed by atoms with van der Waals surface area (Å²) in [6, 6.07) is 0.833. The summed E-state index contributed by atoms with van der Waals surface area (Å²) in [5, 5.41) is 0. The van der Waals surface area contributed by atoms with Crippen molar-refractivity contribution in [3.63, 3.8) is 0 Å². The molecule has 21 heavy (non-hydrogen) atoms. The maximum Gasteiger partial charge on any atom is 0.0688 e. The molecule has 1 unspecified atom stereocenters. The molecule has 2 nitrogen and oxygen atoms in total. The fraction of sp³-hybridized carbons (Fsp3) is 0.632. The second kappa shape index (κ2) is 6.64. The van der Waals surface area contributed by atoms with Crippen LogP contribution in [0.3, 0.4) is 0 Å². The van der Waals surface area contributed by atoms with Gasteiger partial charge in [-0.1, -0.05) is 32.8 Å². The molecule has 0 spiro atoms. The van der Waals surface area contributed by atoms with Gasteiger partial charge in [-0.2, -0.15) is 0 Å². The average molecular weight is 286 g/mol. The molecule has 1 aliphatic carbocycles. The van der Waals surface area contributed by atoms with Crippen LogP contribution in [0.2, 0.25) is 0 Å². The van der Waals surface area contributed by atoms with Crippen molar-refractivity contribution in [3.05, 3.63) is 40.9 Å². The largest absolute Gasteiger partial charge is 0.365 e. The molecule has 0 fully saturated rings. The fourth-order valence-corrected chi connectivity index (χ4v) is 3.51. The topological polar surface area (TPSA) is 16.1 Å². The molecule has 0 N–H and O–H groups in total. The third-order valence-corrected chi connectivity index (χ3v) is 4.78. The SMILES string of the molecule is C=C(C)N(C(C)CCCCC)[C@@H](C)c1ncc2c(c1C)C2. The number of unbranched alkanes of at least 4 members (excludes halogenated alkanes) is 2. The zero-order valence-corrected chi connectivity index (χ0v) is 14.4. The first-order valence-corrected chi connectivity index (χ1v) is 8.38. The minimum atomic E-state index is 0.310. The number of hydrogen-bond acceptors (Lipinski definition) is 2. The number of aromatic nitrogens is 1. The normalized spacial score (nSPS) is 15.3. The van der Waals surface area contributed by atoms with Crippen LogP contribution in [0.25, 0.3) is 0 Å². The molecular formula is C19H30N2. The van der Waals surface area contributed by atoms with E-state index in [4.69, 9.17) is 4.98 Å². The molecule has 0 aromatic carbocycles. The Kier molecular flexibility index (Phi) is 5.08. The molecule has 0 bridgehead atoms. The minimum absolute atomic E-state index is 0.310. The van der Waals surface area contributed by atoms with Gasteiger partial charge >= 0.3 is 0 Å². The summed E-state index contributed by atoms with van der Waals surface area (Å²) in [5.74, 6) is 0. The lowest BCUT2D eigenvalue weighted by Crippen LogP contribution is -2.34. The molecule has 0 saturated carbocycles. The maximum atomic E-state index is 4.73. The van der Waals surface area contributed by atoms with Crippen molar-refractivity contribution < 1.29 is 0 Å². The van der Waals surface area contributed by atoms with Crippen molar-refractivity contribution in [3.8, 4) is 0 Å². The summed E-state index contributed by atoms with van der Waals surface area (Å²) in [6.07, 6.45) is 8.33. The van der Waals surface area contributed by atoms with Crippen LogP contribution in [0.5, 0.6) is 0 Å². The Balaban J connectivity index is 2.14. The van der Waals surface area contributed by atoms with E-state index in [0.717, 1.165) is 12.1 Å². The highest BCUT2D eigenvalue weighted by Crippen LogP contribution is 2.36. The van der Waals surface area contributed by atoms with E-state index < -0.39 is 0 Å². The lowest BCUT2D eigenvalue weighted by atomic mass is 10.0. The van der Waals surface area contributed by atoms with Crippen LogP contribution in [-0.2, 0) is 6.42 Å². The number of fused-ring (bicyclic) bond motifs is 1. The molecule has 1 heterocycles. The lowest BCUT2D eigenvalue weighted by Gasteiger charge is -2.37. The van der Waals surface area contributed by atoms with E-state index in [9.17, 15) is 0 Å². The van der Waals surface area contributed by atoms with Gasteiger partial charge in [0.05, 0.1) is 11.7 Å². The van der Waals surface area contributed by atoms with Gasteiger partial charge in [0.2, 0.25) is 0 Å². The van der Waals surface area contributed by atoms with Crippen molar-refractivity contribution in [2.24, 2.45) is 0 Å². The quantitative estimate of drug-likeness (QED) is 0.623. The highest BCUT2D eigenvalue weighted by molar-refractivity contribution is 5.50. The highest BCUT2D eigenvalue weighted by Gasteiger charge is 2.28. The molecule has 2 heteroatoms. The van der Waals surface area contributed by atoms with Crippen molar-refractivity contribution in [1.29, 1.82) is 0 Å². The van der Waals surface area contributed by atoms with Gasteiger partial charge in [0.1, 0.15) is 0 Å². The van der Waals surface area contributed by atoms with Gasteiger partial charge in [-0.15, -0.1) is 0 Å². The van der Waals surface area contributed by atoms with E-state index >= 15 is 0 Å². The predicted octanol–water partition coefficient (Wildman–Crippen LogP) is 5.16. The molecule has 0 saturated heterocycles. The van der Waals surface area contributed by atoms with Gasteiger partial charge in [-0.25, -0.2) is 0 Å². The Labute approximate surface area is 130 Å². The second-order valence-electron chi connectivity index (χ2n) is 6.61. The van der Waals surface area contributed by atoms with Gasteiger partial charge in [-0.3, -0.25) is 4.98 Å². The second-order valence-corrected chi connectivity index (χ2v) is 6.61. The molecule has 2 atom stereocenters. The Morgan fingerprint density at radius 3 is 2.71 bits per heavy atom. The number of rotatable bonds is 8. The number of pyridine rings is 1. The first-order valence-electron chi connectivity index (χ1n) is 8.38. The Bertz CT molecular complexity index is 519. The lowest BCUT2D eigenvalue weighted by molar-refractivity contribution is 0.192. The van der Waals surface area contributed by atoms with Gasteiger partial charge in [-0.05, 0) is 57.2 Å². The van der Waals surface area contributed by atoms with Gasteiger partial charge < -0.3 is 4.90 Å². The number of allylic oxidation sites excluding steroid dienone is 1. The summed E-state index contributed by atoms with van der Waals surface area (Å²) in [5.41, 5.74) is 6.73. The average Bonchev–Trinajstić information content (AvgIpc) is 3.19. The summed E-state index contributed by atoms with van der Waals surface area (Å²) >= 11 is 0. The Morgan fingerprint density at radius 1 is 1.38 bits per heavy atom. The van der Waals surface area contributed by atoms with Crippen molar-refractivity contribution in [1.82, 2.24) is 9.88 Å². The molecule has 1 aliphatic rings. The van der Waals surface area contributed by atoms with Crippen LogP contribution in [-0.4, -0.2) is 15.9 Å². The summed E-state index contributed by atoms with van der Waals surface area (Å²) in [4.78, 5) is 7.19. The van der Waals surface area contributed by atoms with E-state index in [1.54, 1.807) is 0 Å². The maximum absolute atomic E-state index is 4.73. The number of hydrogen-bond donors (Lipinski definition) is 0. The van der Waals surface area contributed by atoms with Crippen LogP contribution in [0, 0.1) is 6.92 Å². The molecule has 0 radical (unpaired) electrons. The summed E-state index contributed by atoms with van der Waals surface area (Å²) in [6.45, 7) is 15.4. The third-order valence-electron chi connectivity index (χ3n) is 4.78. The van der Waals surface area contributed by atoms with Crippen molar-refractivity contribution in [2.45, 2.75) is 78.8 Å². The van der Waals surface area contributed by atoms with Crippen LogP contribution in [0.1, 0.15) is 81.8 Å². The Hall–Kier alpha value is -1.31. The standard InChI is InChI=1S/C19H30N2/c1-7-8-9-10-14(4)21(13(2)3)16(6)19-15(5)18-11-17(18)12-20-19/h12,14,16H,2,7-11H2,1,3-6H3/t14?,16-/m0/s1. The minimum Gasteiger partial charge on any atom is -0.365 e. The first kappa shape index (κ1) is 16.1. The van der Waals surface area contributed by atoms with E-state index in [0.29, 0.717) is 12.1 Å². The fourth-order valence-electron chi connectivity index (χ4n) is 3.51. The molecule has 116 valence electrons. The monoisotopic (exact) mass is 286 g/mol. The zero-order valence-electron chi connectivity index (χ0n) is 14.4. The van der Waals surface area contributed by atoms with Crippen LogP contribution < -0.4 is 0 Å². The van der Waals surface area contributed by atoms with Crippen molar-refractivity contribution >= 4 is 0 Å². The zero-order chi connectivity index (χ0) is 15.6. The highest BCUT2D eigenvalue weighted by atomic mass is 15.2. The van der Waals surface area contributed by atoms with E-state index in [1.165, 1.54) is 48.1 Å². The van der Waals surface area contributed by atoms with E-state index in [2.05, 4.69) is 52.3 Å². The molecule has 2 rings (SSSR count). The first-order chi connectivity index (χ1) is 9.97. The molecule has 1 aromatic heterocycles. The van der Waals surface area contributed by atoms with Gasteiger partial charge in [0.15, 0.2) is 0 Å². The van der Waals surface area contributed by atoms with E-state index in [1.807, 2.05) is 0 Å². The van der Waals surface area contributed by atoms with Crippen LogP contribution in [0.4, 0.5) is 0 Å². The summed E-state index contributed by atoms with van der Waals surface area (Å²) < 4.78 is 0. The van der Waals surface area contributed by atoms with Crippen LogP contribution in [0.15, 0.2) is 18.5 Å². The van der Waals surface area contributed by atoms with Crippen molar-refractivity contribution in [2.75, 3.05) is 0 Å². The van der Waals surface area contributed by atoms with Crippen LogP contribution >= 0.6 is 0 Å². The van der Waals surface area contributed by atoms with Gasteiger partial charge in [0, 0.05) is 17.9 Å². The molecular weight excluding hydrogens is 256 g/mol. The molecule has 1 aromatic rings. The Morgan fingerprint density at radius 2 is 2.10 bits per heavy atom. The molecule has 0 amide bonds. The number of nitrogens with zero attached hydrogens (tertiary/aromatic N) is 2. The summed E-state index contributed by atoms with van der Waals surface area (Å²) in [7, 11) is 0. The smallest absolute Gasteiger partial charge is 0.0688 e. The predicted molar refractivity (Wildman–Crippen MR) is 90.5 cm³/mol.